The molecule has 20 heavy (non-hydrogen) atoms. The van der Waals surface area contributed by atoms with Crippen LogP contribution in [0.4, 0.5) is 10.5 Å². The van der Waals surface area contributed by atoms with Crippen LogP contribution in [0.2, 0.25) is 10.0 Å². The number of aliphatic hydroxyl groups is 1. The van der Waals surface area contributed by atoms with Gasteiger partial charge in [-0.05, 0) is 43.4 Å². The Labute approximate surface area is 128 Å². The second-order valence-electron chi connectivity index (χ2n) is 5.15. The van der Waals surface area contributed by atoms with Crippen LogP contribution in [0.3, 0.4) is 0 Å². The van der Waals surface area contributed by atoms with Crippen molar-refractivity contribution < 1.29 is 9.90 Å². The van der Waals surface area contributed by atoms with Crippen LogP contribution in [-0.2, 0) is 0 Å². The number of benzene rings is 1. The maximum atomic E-state index is 11.8. The summed E-state index contributed by atoms with van der Waals surface area (Å²) >= 11 is 11.8. The van der Waals surface area contributed by atoms with E-state index in [-0.39, 0.29) is 12.1 Å². The molecule has 0 spiro atoms. The highest BCUT2D eigenvalue weighted by Crippen LogP contribution is 2.26. The lowest BCUT2D eigenvalue weighted by molar-refractivity contribution is 0.101. The molecule has 2 amide bonds. The fourth-order valence-corrected chi connectivity index (χ4v) is 2.78. The third-order valence-electron chi connectivity index (χ3n) is 3.48. The van der Waals surface area contributed by atoms with Crippen molar-refractivity contribution in [3.05, 3.63) is 28.2 Å². The number of amides is 2. The van der Waals surface area contributed by atoms with Gasteiger partial charge in [-0.1, -0.05) is 29.6 Å². The van der Waals surface area contributed by atoms with E-state index >= 15 is 0 Å². The average molecular weight is 317 g/mol. The van der Waals surface area contributed by atoms with E-state index in [0.717, 1.165) is 25.7 Å². The molecule has 6 heteroatoms. The minimum Gasteiger partial charge on any atom is -0.393 e. The number of aliphatic hydroxyl groups excluding tert-OH is 1. The van der Waals surface area contributed by atoms with Gasteiger partial charge in [0.2, 0.25) is 0 Å². The highest BCUT2D eigenvalue weighted by Gasteiger charge is 2.20. The van der Waals surface area contributed by atoms with E-state index in [1.54, 1.807) is 18.2 Å². The molecule has 0 aliphatic heterocycles. The molecule has 2 atom stereocenters. The zero-order valence-corrected chi connectivity index (χ0v) is 12.5. The van der Waals surface area contributed by atoms with Gasteiger partial charge in [0.05, 0.1) is 16.8 Å². The Morgan fingerprint density at radius 2 is 2.15 bits per heavy atom. The van der Waals surface area contributed by atoms with Gasteiger partial charge in [0, 0.05) is 11.6 Å². The lowest BCUT2D eigenvalue weighted by atomic mass is 9.87. The molecule has 0 bridgehead atoms. The van der Waals surface area contributed by atoms with Crippen molar-refractivity contribution in [2.24, 2.45) is 5.92 Å². The quantitative estimate of drug-likeness (QED) is 0.796. The monoisotopic (exact) mass is 316 g/mol. The molecule has 0 saturated heterocycles. The second kappa shape index (κ2) is 7.16. The van der Waals surface area contributed by atoms with E-state index < -0.39 is 0 Å². The van der Waals surface area contributed by atoms with Gasteiger partial charge in [-0.2, -0.15) is 0 Å². The van der Waals surface area contributed by atoms with Crippen molar-refractivity contribution in [2.75, 3.05) is 11.9 Å². The average Bonchev–Trinajstić information content (AvgIpc) is 2.41. The van der Waals surface area contributed by atoms with E-state index in [9.17, 15) is 9.90 Å². The van der Waals surface area contributed by atoms with Crippen LogP contribution in [0.25, 0.3) is 0 Å². The Balaban J connectivity index is 1.82. The molecule has 1 aromatic rings. The van der Waals surface area contributed by atoms with Gasteiger partial charge >= 0.3 is 6.03 Å². The molecule has 1 aliphatic rings. The van der Waals surface area contributed by atoms with Crippen LogP contribution < -0.4 is 10.6 Å². The molecule has 3 N–H and O–H groups in total. The molecule has 0 aromatic heterocycles. The maximum Gasteiger partial charge on any atom is 0.319 e. The lowest BCUT2D eigenvalue weighted by Gasteiger charge is -2.25. The van der Waals surface area contributed by atoms with Gasteiger partial charge in [-0.25, -0.2) is 4.79 Å². The van der Waals surface area contributed by atoms with Crippen molar-refractivity contribution in [1.29, 1.82) is 0 Å². The van der Waals surface area contributed by atoms with Crippen LogP contribution in [0.1, 0.15) is 25.7 Å². The summed E-state index contributed by atoms with van der Waals surface area (Å²) in [6, 6.07) is 4.59. The van der Waals surface area contributed by atoms with Crippen LogP contribution in [0, 0.1) is 5.92 Å². The summed E-state index contributed by atoms with van der Waals surface area (Å²) in [7, 11) is 0. The lowest BCUT2D eigenvalue weighted by Crippen LogP contribution is -2.35. The Morgan fingerprint density at radius 3 is 2.90 bits per heavy atom. The Hall–Kier alpha value is -0.970. The zero-order valence-electron chi connectivity index (χ0n) is 11.0. The first-order valence-electron chi connectivity index (χ1n) is 6.72. The minimum atomic E-state index is -0.311. The fraction of sp³-hybridized carbons (Fsp3) is 0.500. The number of hydrogen-bond acceptors (Lipinski definition) is 2. The summed E-state index contributed by atoms with van der Waals surface area (Å²) in [5.41, 5.74) is 0.486. The highest BCUT2D eigenvalue weighted by molar-refractivity contribution is 6.35. The van der Waals surface area contributed by atoms with Gasteiger partial charge in [-0.3, -0.25) is 0 Å². The first kappa shape index (κ1) is 15.4. The molecule has 1 aliphatic carbocycles. The Bertz CT molecular complexity index is 482. The summed E-state index contributed by atoms with van der Waals surface area (Å²) < 4.78 is 0. The van der Waals surface area contributed by atoms with Crippen LogP contribution in [0.5, 0.6) is 0 Å². The normalized spacial score (nSPS) is 22.4. The Kier molecular flexibility index (Phi) is 5.52. The molecule has 0 radical (unpaired) electrons. The predicted molar refractivity (Wildman–Crippen MR) is 81.4 cm³/mol. The maximum absolute atomic E-state index is 11.8. The van der Waals surface area contributed by atoms with Crippen molar-refractivity contribution in [3.8, 4) is 0 Å². The van der Waals surface area contributed by atoms with Gasteiger partial charge in [0.1, 0.15) is 0 Å². The first-order valence-corrected chi connectivity index (χ1v) is 7.48. The number of nitrogens with one attached hydrogen (secondary N) is 2. The molecule has 2 rings (SSSR count). The molecule has 110 valence electrons. The highest BCUT2D eigenvalue weighted by atomic mass is 35.5. The summed E-state index contributed by atoms with van der Waals surface area (Å²) in [5.74, 6) is 0.333. The molecule has 1 fully saturated rings. The van der Waals surface area contributed by atoms with Crippen molar-refractivity contribution in [3.63, 3.8) is 0 Å². The van der Waals surface area contributed by atoms with Crippen molar-refractivity contribution in [2.45, 2.75) is 31.8 Å². The summed E-state index contributed by atoms with van der Waals surface area (Å²) in [5, 5.41) is 16.0. The van der Waals surface area contributed by atoms with Gasteiger partial charge in [0.25, 0.3) is 0 Å². The Morgan fingerprint density at radius 1 is 1.35 bits per heavy atom. The largest absolute Gasteiger partial charge is 0.393 e. The van der Waals surface area contributed by atoms with E-state index in [1.165, 1.54) is 0 Å². The third-order valence-corrected chi connectivity index (χ3v) is 4.05. The number of carbonyl (C=O) groups excluding carboxylic acids is 1. The molecule has 2 unspecified atom stereocenters. The number of anilines is 1. The SMILES string of the molecule is O=C(NCC1CCCC(O)C1)Nc1cc(Cl)ccc1Cl. The van der Waals surface area contributed by atoms with Crippen LogP contribution in [-0.4, -0.2) is 23.8 Å². The fourth-order valence-electron chi connectivity index (χ4n) is 2.44. The number of halogens is 2. The number of urea groups is 1. The van der Waals surface area contributed by atoms with Gasteiger partial charge < -0.3 is 15.7 Å². The van der Waals surface area contributed by atoms with Crippen LogP contribution >= 0.6 is 23.2 Å². The molecule has 0 heterocycles. The van der Waals surface area contributed by atoms with E-state index in [1.807, 2.05) is 0 Å². The minimum absolute atomic E-state index is 0.235. The first-order chi connectivity index (χ1) is 9.54. The second-order valence-corrected chi connectivity index (χ2v) is 5.99. The molecular weight excluding hydrogens is 299 g/mol. The van der Waals surface area contributed by atoms with Gasteiger partial charge in [-0.15, -0.1) is 0 Å². The van der Waals surface area contributed by atoms with Gasteiger partial charge in [0.15, 0.2) is 0 Å². The zero-order chi connectivity index (χ0) is 14.5. The summed E-state index contributed by atoms with van der Waals surface area (Å²) in [6.45, 7) is 0.557. The van der Waals surface area contributed by atoms with E-state index in [4.69, 9.17) is 23.2 Å². The van der Waals surface area contributed by atoms with Crippen molar-refractivity contribution in [1.82, 2.24) is 5.32 Å². The topological polar surface area (TPSA) is 61.4 Å². The molecule has 1 saturated carbocycles. The summed E-state index contributed by atoms with van der Waals surface area (Å²) in [4.78, 5) is 11.8. The molecular formula is C14H18Cl2N2O2. The smallest absolute Gasteiger partial charge is 0.319 e. The van der Waals surface area contributed by atoms with Crippen molar-refractivity contribution >= 4 is 34.9 Å². The van der Waals surface area contributed by atoms with E-state index in [2.05, 4.69) is 10.6 Å². The molecule has 1 aromatic carbocycles. The number of hydrogen-bond donors (Lipinski definition) is 3. The third kappa shape index (κ3) is 4.54. The van der Waals surface area contributed by atoms with Crippen LogP contribution in [0.15, 0.2) is 18.2 Å². The summed E-state index contributed by atoms with van der Waals surface area (Å²) in [6.07, 6.45) is 3.42. The standard InChI is InChI=1S/C14H18Cl2N2O2/c15-10-4-5-12(16)13(7-10)18-14(20)17-8-9-2-1-3-11(19)6-9/h4-5,7,9,11,19H,1-3,6,8H2,(H2,17,18,20). The molecule has 4 nitrogen and oxygen atoms in total. The van der Waals surface area contributed by atoms with E-state index in [0.29, 0.717) is 28.2 Å². The predicted octanol–water partition coefficient (Wildman–Crippen LogP) is 3.67. The number of carbonyl (C=O) groups is 1. The number of rotatable bonds is 3.